The normalized spacial score (nSPS) is 10.2. The van der Waals surface area contributed by atoms with Crippen molar-refractivity contribution in [3.63, 3.8) is 0 Å². The molecule has 0 saturated carbocycles. The van der Waals surface area contributed by atoms with E-state index in [2.05, 4.69) is 10.6 Å². The fourth-order valence-electron chi connectivity index (χ4n) is 1.86. The van der Waals surface area contributed by atoms with Crippen molar-refractivity contribution in [3.05, 3.63) is 61.5 Å². The van der Waals surface area contributed by atoms with E-state index in [1.807, 2.05) is 0 Å². The molecule has 130 valence electrons. The number of nitrogens with one attached hydrogen (secondary N) is 2. The van der Waals surface area contributed by atoms with Crippen molar-refractivity contribution in [2.45, 2.75) is 0 Å². The Balaban J connectivity index is 2.22. The van der Waals surface area contributed by atoms with Crippen LogP contribution < -0.4 is 10.6 Å². The molecule has 3 N–H and O–H groups in total. The van der Waals surface area contributed by atoms with Gasteiger partial charge in [-0.25, -0.2) is 4.79 Å². The molecule has 0 fully saturated rings. The van der Waals surface area contributed by atoms with Gasteiger partial charge in [0.1, 0.15) is 0 Å². The van der Waals surface area contributed by atoms with Gasteiger partial charge < -0.3 is 10.4 Å². The van der Waals surface area contributed by atoms with Gasteiger partial charge in [0.15, 0.2) is 5.11 Å². The number of aromatic carboxylic acids is 1. The molecule has 0 aliphatic rings. The van der Waals surface area contributed by atoms with Gasteiger partial charge >= 0.3 is 5.97 Å². The molecule has 0 radical (unpaired) electrons. The summed E-state index contributed by atoms with van der Waals surface area (Å²) in [5.74, 6) is -1.88. The second kappa shape index (κ2) is 8.21. The van der Waals surface area contributed by atoms with E-state index in [9.17, 15) is 14.7 Å². The summed E-state index contributed by atoms with van der Waals surface area (Å²) in [5.41, 5.74) is -0.0880. The number of halogens is 4. The number of rotatable bonds is 3. The van der Waals surface area contributed by atoms with Gasteiger partial charge in [-0.3, -0.25) is 10.1 Å². The Bertz CT molecular complexity index is 889. The first-order chi connectivity index (χ1) is 11.7. The molecule has 5 nitrogen and oxygen atoms in total. The van der Waals surface area contributed by atoms with E-state index in [-0.39, 0.29) is 37.0 Å². The van der Waals surface area contributed by atoms with Crippen molar-refractivity contribution >= 4 is 81.3 Å². The second-order valence-electron chi connectivity index (χ2n) is 4.65. The minimum absolute atomic E-state index is 0.000979. The lowest BCUT2D eigenvalue weighted by Crippen LogP contribution is -2.34. The van der Waals surface area contributed by atoms with Gasteiger partial charge in [-0.2, -0.15) is 0 Å². The summed E-state index contributed by atoms with van der Waals surface area (Å²) in [6.07, 6.45) is 0. The maximum absolute atomic E-state index is 12.2. The molecule has 0 saturated heterocycles. The number of hydrogen-bond acceptors (Lipinski definition) is 3. The van der Waals surface area contributed by atoms with Crippen LogP contribution in [0.2, 0.25) is 20.1 Å². The lowest BCUT2D eigenvalue weighted by Gasteiger charge is -2.14. The molecule has 0 bridgehead atoms. The molecular formula is C15H8Cl4N2O3S. The monoisotopic (exact) mass is 436 g/mol. The molecule has 0 spiro atoms. The van der Waals surface area contributed by atoms with Gasteiger partial charge in [-0.05, 0) is 42.5 Å². The van der Waals surface area contributed by atoms with Crippen LogP contribution >= 0.6 is 58.6 Å². The first-order valence-corrected chi connectivity index (χ1v) is 8.40. The molecule has 0 aromatic heterocycles. The molecule has 2 rings (SSSR count). The van der Waals surface area contributed by atoms with Gasteiger partial charge in [0, 0.05) is 10.0 Å². The Hall–Kier alpha value is -1.57. The molecule has 0 atom stereocenters. The average Bonchev–Trinajstić information content (AvgIpc) is 2.51. The van der Waals surface area contributed by atoms with E-state index in [0.717, 1.165) is 0 Å². The van der Waals surface area contributed by atoms with Gasteiger partial charge in [0.05, 0.1) is 26.9 Å². The van der Waals surface area contributed by atoms with Gasteiger partial charge in [-0.1, -0.05) is 46.4 Å². The van der Waals surface area contributed by atoms with E-state index in [1.165, 1.54) is 30.3 Å². The van der Waals surface area contributed by atoms with Crippen molar-refractivity contribution in [1.82, 2.24) is 5.32 Å². The minimum atomic E-state index is -1.26. The predicted molar refractivity (Wildman–Crippen MR) is 104 cm³/mol. The Morgan fingerprint density at radius 2 is 1.56 bits per heavy atom. The van der Waals surface area contributed by atoms with Crippen LogP contribution in [0.3, 0.4) is 0 Å². The number of thiocarbonyl (C=S) groups is 1. The van der Waals surface area contributed by atoms with Gasteiger partial charge in [0.25, 0.3) is 5.91 Å². The molecule has 0 aliphatic carbocycles. The smallest absolute Gasteiger partial charge is 0.337 e. The van der Waals surface area contributed by atoms with E-state index in [0.29, 0.717) is 5.02 Å². The third kappa shape index (κ3) is 4.96. The largest absolute Gasteiger partial charge is 0.478 e. The molecule has 2 aromatic rings. The highest BCUT2D eigenvalue weighted by molar-refractivity contribution is 7.80. The summed E-state index contributed by atoms with van der Waals surface area (Å²) < 4.78 is 0. The molecular weight excluding hydrogens is 430 g/mol. The second-order valence-corrected chi connectivity index (χ2v) is 6.74. The van der Waals surface area contributed by atoms with Crippen molar-refractivity contribution in [1.29, 1.82) is 0 Å². The predicted octanol–water partition coefficient (Wildman–Crippen LogP) is 5.13. The van der Waals surface area contributed by atoms with Crippen molar-refractivity contribution in [2.24, 2.45) is 0 Å². The SMILES string of the molecule is O=C(NC(=S)Nc1c(Cl)cc(Cl)cc1C(=O)O)c1cc(Cl)ccc1Cl. The molecule has 2 aromatic carbocycles. The zero-order valence-electron chi connectivity index (χ0n) is 12.1. The summed E-state index contributed by atoms with van der Waals surface area (Å²) in [6.45, 7) is 0. The summed E-state index contributed by atoms with van der Waals surface area (Å²) in [7, 11) is 0. The molecule has 10 heteroatoms. The Kier molecular flexibility index (Phi) is 6.48. The fourth-order valence-corrected chi connectivity index (χ4v) is 2.97. The topological polar surface area (TPSA) is 78.4 Å². The highest BCUT2D eigenvalue weighted by atomic mass is 35.5. The standard InChI is InChI=1S/C15H8Cl4N2O3S/c16-6-1-2-10(18)8(3-6)13(22)21-15(25)20-12-9(14(23)24)4-7(17)5-11(12)19/h1-5H,(H,23,24)(H2,20,21,22,25). The molecule has 0 aliphatic heterocycles. The number of carboxylic acid groups (broad SMARTS) is 1. The molecule has 0 heterocycles. The number of carboxylic acids is 1. The van der Waals surface area contributed by atoms with E-state index in [1.54, 1.807) is 0 Å². The quantitative estimate of drug-likeness (QED) is 0.580. The highest BCUT2D eigenvalue weighted by Crippen LogP contribution is 2.30. The van der Waals surface area contributed by atoms with Gasteiger partial charge in [0.2, 0.25) is 0 Å². The summed E-state index contributed by atoms with van der Waals surface area (Å²) in [4.78, 5) is 23.5. The number of benzene rings is 2. The van der Waals surface area contributed by atoms with Crippen molar-refractivity contribution in [2.75, 3.05) is 5.32 Å². The number of carbonyl (C=O) groups excluding carboxylic acids is 1. The summed E-state index contributed by atoms with van der Waals surface area (Å²) in [5, 5.41) is 14.7. The highest BCUT2D eigenvalue weighted by Gasteiger charge is 2.18. The fraction of sp³-hybridized carbons (Fsp3) is 0. The Labute approximate surface area is 167 Å². The molecule has 0 unspecified atom stereocenters. The average molecular weight is 438 g/mol. The number of anilines is 1. The first kappa shape index (κ1) is 19.8. The van der Waals surface area contributed by atoms with Crippen LogP contribution in [0.25, 0.3) is 0 Å². The lowest BCUT2D eigenvalue weighted by atomic mass is 10.2. The molecule has 1 amide bonds. The van der Waals surface area contributed by atoms with Gasteiger partial charge in [-0.15, -0.1) is 0 Å². The minimum Gasteiger partial charge on any atom is -0.478 e. The van der Waals surface area contributed by atoms with Crippen molar-refractivity contribution < 1.29 is 14.7 Å². The van der Waals surface area contributed by atoms with E-state index in [4.69, 9.17) is 58.6 Å². The van der Waals surface area contributed by atoms with Crippen LogP contribution in [-0.4, -0.2) is 22.1 Å². The van der Waals surface area contributed by atoms with E-state index >= 15 is 0 Å². The number of carbonyl (C=O) groups is 2. The van der Waals surface area contributed by atoms with E-state index < -0.39 is 11.9 Å². The van der Waals surface area contributed by atoms with Crippen LogP contribution in [0.5, 0.6) is 0 Å². The third-order valence-electron chi connectivity index (χ3n) is 2.92. The lowest BCUT2D eigenvalue weighted by molar-refractivity contribution is 0.0697. The number of amides is 1. The third-order valence-corrected chi connectivity index (χ3v) is 4.21. The zero-order valence-corrected chi connectivity index (χ0v) is 15.9. The Morgan fingerprint density at radius 3 is 2.20 bits per heavy atom. The van der Waals surface area contributed by atoms with Crippen LogP contribution in [0.15, 0.2) is 30.3 Å². The summed E-state index contributed by atoms with van der Waals surface area (Å²) >= 11 is 28.6. The Morgan fingerprint density at radius 1 is 0.920 bits per heavy atom. The summed E-state index contributed by atoms with van der Waals surface area (Å²) in [6, 6.07) is 6.92. The molecule has 25 heavy (non-hydrogen) atoms. The first-order valence-electron chi connectivity index (χ1n) is 6.48. The van der Waals surface area contributed by atoms with Crippen molar-refractivity contribution in [3.8, 4) is 0 Å². The van der Waals surface area contributed by atoms with Crippen LogP contribution in [0.4, 0.5) is 5.69 Å². The maximum atomic E-state index is 12.2. The zero-order chi connectivity index (χ0) is 18.7. The van der Waals surface area contributed by atoms with Crippen LogP contribution in [0.1, 0.15) is 20.7 Å². The van der Waals surface area contributed by atoms with Crippen LogP contribution in [-0.2, 0) is 0 Å². The maximum Gasteiger partial charge on any atom is 0.337 e. The van der Waals surface area contributed by atoms with Crippen LogP contribution in [0, 0.1) is 0 Å². The number of hydrogen-bond donors (Lipinski definition) is 3.